The number of anilines is 2. The first-order valence-electron chi connectivity index (χ1n) is 6.05. The predicted molar refractivity (Wildman–Crippen MR) is 70.1 cm³/mol. The summed E-state index contributed by atoms with van der Waals surface area (Å²) in [4.78, 5) is 10.1. The molecule has 2 heterocycles. The van der Waals surface area contributed by atoms with Crippen molar-refractivity contribution in [1.29, 1.82) is 5.26 Å². The number of nitriles is 1. The van der Waals surface area contributed by atoms with E-state index in [9.17, 15) is 0 Å². The molecule has 98 valence electrons. The zero-order valence-electron chi connectivity index (χ0n) is 11.1. The van der Waals surface area contributed by atoms with Gasteiger partial charge in [0.25, 0.3) is 0 Å². The van der Waals surface area contributed by atoms with E-state index in [0.717, 1.165) is 19.5 Å². The second-order valence-corrected chi connectivity index (χ2v) is 3.67. The van der Waals surface area contributed by atoms with Crippen LogP contribution >= 0.6 is 0 Å². The highest BCUT2D eigenvalue weighted by Crippen LogP contribution is 2.22. The molecule has 2 rings (SSSR count). The molecule has 6 nitrogen and oxygen atoms in total. The van der Waals surface area contributed by atoms with Crippen LogP contribution in [0.3, 0.4) is 0 Å². The number of hydrogen-bond donors (Lipinski definition) is 1. The lowest BCUT2D eigenvalue weighted by molar-refractivity contribution is 0.121. The van der Waals surface area contributed by atoms with Crippen LogP contribution in [0.4, 0.5) is 11.6 Å². The summed E-state index contributed by atoms with van der Waals surface area (Å²) in [5.41, 5.74) is 5.76. The molecular weight excluding hydrogens is 230 g/mol. The van der Waals surface area contributed by atoms with E-state index in [0.29, 0.717) is 5.82 Å². The number of rotatable bonds is 2. The highest BCUT2D eigenvalue weighted by molar-refractivity contribution is 5.53. The van der Waals surface area contributed by atoms with Gasteiger partial charge in [0, 0.05) is 20.2 Å². The van der Waals surface area contributed by atoms with Gasteiger partial charge >= 0.3 is 0 Å². The second kappa shape index (κ2) is 6.77. The number of nitrogens with zero attached hydrogens (tertiary/aromatic N) is 4. The van der Waals surface area contributed by atoms with Gasteiger partial charge in [-0.05, 0) is 6.42 Å². The zero-order valence-corrected chi connectivity index (χ0v) is 11.1. The molecule has 0 bridgehead atoms. The van der Waals surface area contributed by atoms with Crippen molar-refractivity contribution in [3.8, 4) is 6.07 Å². The molecule has 1 aromatic rings. The zero-order chi connectivity index (χ0) is 13.5. The highest BCUT2D eigenvalue weighted by atomic mass is 16.5. The van der Waals surface area contributed by atoms with Gasteiger partial charge in [-0.1, -0.05) is 13.8 Å². The molecule has 1 saturated heterocycles. The van der Waals surface area contributed by atoms with Crippen molar-refractivity contribution in [2.24, 2.45) is 0 Å². The van der Waals surface area contributed by atoms with Crippen molar-refractivity contribution in [3.05, 3.63) is 11.9 Å². The Kier molecular flexibility index (Phi) is 5.33. The third kappa shape index (κ3) is 3.08. The van der Waals surface area contributed by atoms with E-state index < -0.39 is 0 Å². The standard InChI is InChI=1S/C10H13N5O.C2H6/c1-16-7-2-3-15(6-7)10-8(4-11)14-9(12)5-13-10;1-2/h5,7H,2-3,6H2,1H3,(H2,12,14);1-2H3. The molecule has 1 aliphatic rings. The van der Waals surface area contributed by atoms with E-state index in [2.05, 4.69) is 9.97 Å². The van der Waals surface area contributed by atoms with Crippen molar-refractivity contribution < 1.29 is 4.74 Å². The van der Waals surface area contributed by atoms with Crippen molar-refractivity contribution in [3.63, 3.8) is 0 Å². The molecule has 0 saturated carbocycles. The number of hydrogen-bond acceptors (Lipinski definition) is 6. The molecule has 1 atom stereocenters. The maximum absolute atomic E-state index is 8.96. The molecule has 0 aromatic carbocycles. The number of ether oxygens (including phenoxy) is 1. The van der Waals surface area contributed by atoms with Crippen molar-refractivity contribution in [2.45, 2.75) is 26.4 Å². The lowest BCUT2D eigenvalue weighted by atomic mass is 10.3. The van der Waals surface area contributed by atoms with Crippen LogP contribution in [0.2, 0.25) is 0 Å². The van der Waals surface area contributed by atoms with Crippen LogP contribution < -0.4 is 10.6 Å². The molecule has 0 spiro atoms. The first-order chi connectivity index (χ1) is 8.74. The summed E-state index contributed by atoms with van der Waals surface area (Å²) in [5.74, 6) is 0.860. The minimum absolute atomic E-state index is 0.200. The van der Waals surface area contributed by atoms with Crippen LogP contribution in [-0.2, 0) is 4.74 Å². The van der Waals surface area contributed by atoms with Crippen molar-refractivity contribution in [2.75, 3.05) is 30.8 Å². The predicted octanol–water partition coefficient (Wildman–Crippen LogP) is 1.18. The fourth-order valence-corrected chi connectivity index (χ4v) is 1.82. The SMILES string of the molecule is CC.COC1CCN(c2ncc(N)nc2C#N)C1. The Balaban J connectivity index is 0.000000771. The van der Waals surface area contributed by atoms with Crippen LogP contribution in [0, 0.1) is 11.3 Å². The smallest absolute Gasteiger partial charge is 0.185 e. The molecule has 1 aliphatic heterocycles. The first kappa shape index (κ1) is 14.2. The number of nitrogens with two attached hydrogens (primary N) is 1. The second-order valence-electron chi connectivity index (χ2n) is 3.67. The summed E-state index contributed by atoms with van der Waals surface area (Å²) in [5, 5.41) is 8.96. The lowest BCUT2D eigenvalue weighted by Gasteiger charge is -2.17. The quantitative estimate of drug-likeness (QED) is 0.846. The van der Waals surface area contributed by atoms with Crippen LogP contribution in [0.15, 0.2) is 6.20 Å². The molecule has 18 heavy (non-hydrogen) atoms. The van der Waals surface area contributed by atoms with Gasteiger partial charge < -0.3 is 15.4 Å². The average Bonchev–Trinajstić information content (AvgIpc) is 2.89. The van der Waals surface area contributed by atoms with Gasteiger partial charge in [-0.3, -0.25) is 0 Å². The minimum atomic E-state index is 0.200. The molecule has 1 aromatic heterocycles. The Bertz CT molecular complexity index is 429. The van der Waals surface area contributed by atoms with Crippen LogP contribution in [-0.4, -0.2) is 36.3 Å². The van der Waals surface area contributed by atoms with Gasteiger partial charge in [0.1, 0.15) is 11.9 Å². The number of aromatic nitrogens is 2. The molecule has 0 amide bonds. The van der Waals surface area contributed by atoms with E-state index in [4.69, 9.17) is 15.7 Å². The Hall–Kier alpha value is -1.87. The Morgan fingerprint density at radius 2 is 2.28 bits per heavy atom. The first-order valence-corrected chi connectivity index (χ1v) is 6.05. The molecule has 2 N–H and O–H groups in total. The van der Waals surface area contributed by atoms with Gasteiger partial charge in [0.05, 0.1) is 12.3 Å². The van der Waals surface area contributed by atoms with Crippen molar-refractivity contribution in [1.82, 2.24) is 9.97 Å². The summed E-state index contributed by atoms with van der Waals surface area (Å²) in [6.07, 6.45) is 2.61. The normalized spacial score (nSPS) is 17.9. The van der Waals surface area contributed by atoms with Crippen molar-refractivity contribution >= 4 is 11.6 Å². The van der Waals surface area contributed by atoms with Crippen LogP contribution in [0.1, 0.15) is 26.0 Å². The summed E-state index contributed by atoms with van der Waals surface area (Å²) >= 11 is 0. The minimum Gasteiger partial charge on any atom is -0.382 e. The van der Waals surface area contributed by atoms with E-state index in [1.54, 1.807) is 7.11 Å². The number of methoxy groups -OCH3 is 1. The molecule has 6 heteroatoms. The third-order valence-corrected chi connectivity index (χ3v) is 2.66. The van der Waals surface area contributed by atoms with Gasteiger partial charge in [-0.25, -0.2) is 9.97 Å². The van der Waals surface area contributed by atoms with E-state index in [1.165, 1.54) is 6.20 Å². The molecule has 0 radical (unpaired) electrons. The Labute approximate surface area is 107 Å². The fraction of sp³-hybridized carbons (Fsp3) is 0.583. The fourth-order valence-electron chi connectivity index (χ4n) is 1.82. The third-order valence-electron chi connectivity index (χ3n) is 2.66. The van der Waals surface area contributed by atoms with E-state index in [1.807, 2.05) is 24.8 Å². The highest BCUT2D eigenvalue weighted by Gasteiger charge is 2.25. The number of nitrogen functional groups attached to an aromatic ring is 1. The largest absolute Gasteiger partial charge is 0.382 e. The maximum atomic E-state index is 8.96. The van der Waals surface area contributed by atoms with Gasteiger partial charge in [0.15, 0.2) is 11.5 Å². The summed E-state index contributed by atoms with van der Waals surface area (Å²) in [7, 11) is 1.69. The Morgan fingerprint density at radius 3 is 2.83 bits per heavy atom. The van der Waals surface area contributed by atoms with Gasteiger partial charge in [-0.15, -0.1) is 0 Å². The lowest BCUT2D eigenvalue weighted by Crippen LogP contribution is -2.24. The monoisotopic (exact) mass is 249 g/mol. The molecule has 1 unspecified atom stereocenters. The van der Waals surface area contributed by atoms with Crippen LogP contribution in [0.25, 0.3) is 0 Å². The molecule has 0 aliphatic carbocycles. The topological polar surface area (TPSA) is 88.1 Å². The Morgan fingerprint density at radius 1 is 1.56 bits per heavy atom. The van der Waals surface area contributed by atoms with E-state index in [-0.39, 0.29) is 17.6 Å². The molecule has 1 fully saturated rings. The van der Waals surface area contributed by atoms with Crippen LogP contribution in [0.5, 0.6) is 0 Å². The summed E-state index contributed by atoms with van der Waals surface area (Å²) in [6, 6.07) is 2.01. The molecular formula is C12H19N5O. The average molecular weight is 249 g/mol. The van der Waals surface area contributed by atoms with Gasteiger partial charge in [0.2, 0.25) is 0 Å². The van der Waals surface area contributed by atoms with E-state index >= 15 is 0 Å². The van der Waals surface area contributed by atoms with Gasteiger partial charge in [-0.2, -0.15) is 5.26 Å². The summed E-state index contributed by atoms with van der Waals surface area (Å²) < 4.78 is 5.26. The summed E-state index contributed by atoms with van der Waals surface area (Å²) in [6.45, 7) is 5.57. The maximum Gasteiger partial charge on any atom is 0.185 e.